The summed E-state index contributed by atoms with van der Waals surface area (Å²) in [5.41, 5.74) is 6.33. The van der Waals surface area contributed by atoms with E-state index in [1.807, 2.05) is 0 Å². The third kappa shape index (κ3) is 3.90. The first-order valence-electron chi connectivity index (χ1n) is 4.70. The first-order valence-corrected chi connectivity index (χ1v) is 6.76. The minimum absolute atomic E-state index is 0.0779. The van der Waals surface area contributed by atoms with Gasteiger partial charge >= 0.3 is 0 Å². The first-order chi connectivity index (χ1) is 7.40. The molecule has 1 rings (SSSR count). The van der Waals surface area contributed by atoms with Crippen LogP contribution in [0.3, 0.4) is 0 Å². The monoisotopic (exact) mass is 242 g/mol. The van der Waals surface area contributed by atoms with Crippen molar-refractivity contribution in [2.24, 2.45) is 0 Å². The number of carbonyl (C=O) groups is 1. The Morgan fingerprint density at radius 3 is 2.56 bits per heavy atom. The predicted octanol–water partition coefficient (Wildman–Crippen LogP) is 0.0432. The Balaban J connectivity index is 2.57. The lowest BCUT2D eigenvalue weighted by molar-refractivity contribution is 0.0957. The number of carbonyl (C=O) groups excluding carboxylic acids is 1. The van der Waals surface area contributed by atoms with Gasteiger partial charge in [-0.3, -0.25) is 4.79 Å². The molecule has 88 valence electrons. The summed E-state index contributed by atoms with van der Waals surface area (Å²) in [5, 5.41) is 2.50. The fourth-order valence-corrected chi connectivity index (χ4v) is 1.62. The summed E-state index contributed by atoms with van der Waals surface area (Å²) in [7, 11) is -3.06. The molecule has 0 unspecified atom stereocenters. The molecule has 0 fully saturated rings. The third-order valence-electron chi connectivity index (χ3n) is 1.96. The van der Waals surface area contributed by atoms with Gasteiger partial charge in [0, 0.05) is 18.5 Å². The van der Waals surface area contributed by atoms with Crippen LogP contribution in [0, 0.1) is 0 Å². The smallest absolute Gasteiger partial charge is 0.253 e. The SMILES string of the molecule is CS(=O)(=O)CCNC(=O)c1ccccc1N. The molecule has 5 nitrogen and oxygen atoms in total. The first kappa shape index (κ1) is 12.5. The van der Waals surface area contributed by atoms with E-state index in [4.69, 9.17) is 5.73 Å². The van der Waals surface area contributed by atoms with Crippen molar-refractivity contribution in [2.45, 2.75) is 0 Å². The van der Waals surface area contributed by atoms with Gasteiger partial charge in [-0.05, 0) is 12.1 Å². The molecule has 0 aliphatic rings. The summed E-state index contributed by atoms with van der Waals surface area (Å²) >= 11 is 0. The second-order valence-electron chi connectivity index (χ2n) is 3.47. The molecule has 0 bridgehead atoms. The number of hydrogen-bond acceptors (Lipinski definition) is 4. The maximum absolute atomic E-state index is 11.6. The van der Waals surface area contributed by atoms with Gasteiger partial charge in [0.1, 0.15) is 9.84 Å². The lowest BCUT2D eigenvalue weighted by Gasteiger charge is -2.06. The summed E-state index contributed by atoms with van der Waals surface area (Å²) in [6.07, 6.45) is 1.12. The zero-order chi connectivity index (χ0) is 12.2. The van der Waals surface area contributed by atoms with E-state index in [-0.39, 0.29) is 18.2 Å². The van der Waals surface area contributed by atoms with Gasteiger partial charge in [0.25, 0.3) is 5.91 Å². The largest absolute Gasteiger partial charge is 0.398 e. The fourth-order valence-electron chi connectivity index (χ4n) is 1.15. The number of nitrogens with one attached hydrogen (secondary N) is 1. The van der Waals surface area contributed by atoms with E-state index < -0.39 is 9.84 Å². The average molecular weight is 242 g/mol. The van der Waals surface area contributed by atoms with Crippen molar-refractivity contribution in [3.8, 4) is 0 Å². The summed E-state index contributed by atoms with van der Waals surface area (Å²) < 4.78 is 21.7. The van der Waals surface area contributed by atoms with Gasteiger partial charge in [-0.25, -0.2) is 8.42 Å². The van der Waals surface area contributed by atoms with Crippen molar-refractivity contribution >= 4 is 21.4 Å². The van der Waals surface area contributed by atoms with Crippen LogP contribution in [0.4, 0.5) is 5.69 Å². The standard InChI is InChI=1S/C10H14N2O3S/c1-16(14,15)7-6-12-10(13)8-4-2-3-5-9(8)11/h2-5H,6-7,11H2,1H3,(H,12,13). The Bertz CT molecular complexity index is 483. The van der Waals surface area contributed by atoms with Gasteiger partial charge in [0.05, 0.1) is 11.3 Å². The molecule has 0 aliphatic heterocycles. The molecular formula is C10H14N2O3S. The molecule has 0 saturated heterocycles. The van der Waals surface area contributed by atoms with Gasteiger partial charge in [0.2, 0.25) is 0 Å². The van der Waals surface area contributed by atoms with E-state index in [1.54, 1.807) is 24.3 Å². The van der Waals surface area contributed by atoms with E-state index in [0.717, 1.165) is 6.26 Å². The molecule has 0 saturated carbocycles. The Morgan fingerprint density at radius 2 is 2.00 bits per heavy atom. The van der Waals surface area contributed by atoms with Crippen LogP contribution < -0.4 is 11.1 Å². The van der Waals surface area contributed by atoms with Crippen molar-refractivity contribution in [1.82, 2.24) is 5.32 Å². The highest BCUT2D eigenvalue weighted by Crippen LogP contribution is 2.09. The van der Waals surface area contributed by atoms with Crippen molar-refractivity contribution in [3.05, 3.63) is 29.8 Å². The van der Waals surface area contributed by atoms with Crippen LogP contribution in [0.5, 0.6) is 0 Å². The van der Waals surface area contributed by atoms with Crippen molar-refractivity contribution in [2.75, 3.05) is 24.3 Å². The molecule has 0 aliphatic carbocycles. The minimum Gasteiger partial charge on any atom is -0.398 e. The van der Waals surface area contributed by atoms with Gasteiger partial charge in [0.15, 0.2) is 0 Å². The van der Waals surface area contributed by atoms with Crippen LogP contribution in [0.15, 0.2) is 24.3 Å². The number of nitrogens with two attached hydrogens (primary N) is 1. The summed E-state index contributed by atoms with van der Waals surface area (Å²) in [6.45, 7) is 0.0893. The lowest BCUT2D eigenvalue weighted by atomic mass is 10.2. The molecule has 16 heavy (non-hydrogen) atoms. The number of benzene rings is 1. The molecule has 0 aromatic heterocycles. The van der Waals surface area contributed by atoms with E-state index in [2.05, 4.69) is 5.32 Å². The zero-order valence-corrected chi connectivity index (χ0v) is 9.75. The van der Waals surface area contributed by atoms with Crippen LogP contribution in [0.25, 0.3) is 0 Å². The highest BCUT2D eigenvalue weighted by molar-refractivity contribution is 7.90. The Morgan fingerprint density at radius 1 is 1.38 bits per heavy atom. The molecule has 0 atom stereocenters. The van der Waals surface area contributed by atoms with Crippen molar-refractivity contribution < 1.29 is 13.2 Å². The van der Waals surface area contributed by atoms with Gasteiger partial charge in [-0.15, -0.1) is 0 Å². The number of rotatable bonds is 4. The van der Waals surface area contributed by atoms with Gasteiger partial charge in [-0.1, -0.05) is 12.1 Å². The van der Waals surface area contributed by atoms with Crippen molar-refractivity contribution in [1.29, 1.82) is 0 Å². The van der Waals surface area contributed by atoms with Crippen LogP contribution >= 0.6 is 0 Å². The second kappa shape index (κ2) is 4.98. The minimum atomic E-state index is -3.06. The topological polar surface area (TPSA) is 89.3 Å². The van der Waals surface area contributed by atoms with E-state index >= 15 is 0 Å². The Labute approximate surface area is 94.6 Å². The predicted molar refractivity (Wildman–Crippen MR) is 62.9 cm³/mol. The molecule has 0 heterocycles. The number of anilines is 1. The third-order valence-corrected chi connectivity index (χ3v) is 2.91. The summed E-state index contributed by atoms with van der Waals surface area (Å²) in [4.78, 5) is 11.6. The second-order valence-corrected chi connectivity index (χ2v) is 5.73. The number of para-hydroxylation sites is 1. The van der Waals surface area contributed by atoms with E-state index in [0.29, 0.717) is 11.3 Å². The van der Waals surface area contributed by atoms with E-state index in [1.165, 1.54) is 0 Å². The number of nitrogen functional groups attached to an aromatic ring is 1. The highest BCUT2D eigenvalue weighted by atomic mass is 32.2. The summed E-state index contributed by atoms with van der Waals surface area (Å²) in [5.74, 6) is -0.437. The van der Waals surface area contributed by atoms with Crippen LogP contribution in [-0.4, -0.2) is 32.9 Å². The highest BCUT2D eigenvalue weighted by Gasteiger charge is 2.09. The van der Waals surface area contributed by atoms with Gasteiger partial charge < -0.3 is 11.1 Å². The molecule has 1 amide bonds. The number of hydrogen-bond donors (Lipinski definition) is 2. The normalized spacial score (nSPS) is 11.1. The van der Waals surface area contributed by atoms with Gasteiger partial charge in [-0.2, -0.15) is 0 Å². The zero-order valence-electron chi connectivity index (χ0n) is 8.93. The molecule has 1 aromatic rings. The quantitative estimate of drug-likeness (QED) is 0.730. The van der Waals surface area contributed by atoms with Crippen molar-refractivity contribution in [3.63, 3.8) is 0 Å². The molecule has 0 radical (unpaired) electrons. The molecule has 3 N–H and O–H groups in total. The Kier molecular flexibility index (Phi) is 3.89. The van der Waals surface area contributed by atoms with Crippen LogP contribution in [-0.2, 0) is 9.84 Å². The van der Waals surface area contributed by atoms with Crippen LogP contribution in [0.1, 0.15) is 10.4 Å². The summed E-state index contributed by atoms with van der Waals surface area (Å²) in [6, 6.07) is 6.63. The number of amides is 1. The van der Waals surface area contributed by atoms with E-state index in [9.17, 15) is 13.2 Å². The molecular weight excluding hydrogens is 228 g/mol. The molecule has 1 aromatic carbocycles. The molecule has 0 spiro atoms. The molecule has 6 heteroatoms. The maximum Gasteiger partial charge on any atom is 0.253 e. The average Bonchev–Trinajstić information content (AvgIpc) is 2.16. The maximum atomic E-state index is 11.6. The fraction of sp³-hybridized carbons (Fsp3) is 0.300. The number of sulfone groups is 1. The lowest BCUT2D eigenvalue weighted by Crippen LogP contribution is -2.29. The Hall–Kier alpha value is -1.56. The van der Waals surface area contributed by atoms with Crippen LogP contribution in [0.2, 0.25) is 0 Å².